The number of aromatic nitrogens is 2. The Morgan fingerprint density at radius 2 is 1.46 bits per heavy atom. The van der Waals surface area contributed by atoms with Crippen LogP contribution < -0.4 is 5.32 Å². The fourth-order valence-corrected chi connectivity index (χ4v) is 3.17. The van der Waals surface area contributed by atoms with Crippen LogP contribution in [0.25, 0.3) is 22.2 Å². The molecule has 3 aromatic carbocycles. The Morgan fingerprint density at radius 3 is 2.18 bits per heavy atom. The van der Waals surface area contributed by atoms with Gasteiger partial charge in [-0.15, -0.1) is 10.2 Å². The Bertz CT molecular complexity index is 1130. The van der Waals surface area contributed by atoms with Gasteiger partial charge in [0.25, 0.3) is 5.91 Å². The van der Waals surface area contributed by atoms with E-state index in [1.807, 2.05) is 86.6 Å². The highest BCUT2D eigenvalue weighted by atomic mass is 16.1. The molecule has 0 spiro atoms. The van der Waals surface area contributed by atoms with E-state index >= 15 is 0 Å². The van der Waals surface area contributed by atoms with Crippen LogP contribution in [0.15, 0.2) is 72.8 Å². The summed E-state index contributed by atoms with van der Waals surface area (Å²) < 4.78 is 0. The number of rotatable bonds is 4. The predicted octanol–water partition coefficient (Wildman–Crippen LogP) is 4.84. The topological polar surface area (TPSA) is 54.9 Å². The molecule has 1 amide bonds. The van der Waals surface area contributed by atoms with Gasteiger partial charge >= 0.3 is 0 Å². The molecule has 28 heavy (non-hydrogen) atoms. The maximum Gasteiger partial charge on any atom is 0.254 e. The number of benzene rings is 3. The number of nitrogens with zero attached hydrogens (tertiary/aromatic N) is 2. The normalized spacial score (nSPS) is 10.8. The van der Waals surface area contributed by atoms with E-state index in [2.05, 4.69) is 15.5 Å². The SMILES string of the molecule is Cc1ccc(CNC(=O)c2c(-c3ccc(C)cc3)nnc3ccccc23)cc1. The Labute approximate surface area is 164 Å². The van der Waals surface area contributed by atoms with Crippen molar-refractivity contribution in [1.82, 2.24) is 15.5 Å². The largest absolute Gasteiger partial charge is 0.348 e. The van der Waals surface area contributed by atoms with Gasteiger partial charge in [-0.3, -0.25) is 4.79 Å². The van der Waals surface area contributed by atoms with E-state index < -0.39 is 0 Å². The van der Waals surface area contributed by atoms with Crippen molar-refractivity contribution in [2.75, 3.05) is 0 Å². The average molecular weight is 367 g/mol. The molecular weight excluding hydrogens is 346 g/mol. The van der Waals surface area contributed by atoms with Crippen molar-refractivity contribution in [2.24, 2.45) is 0 Å². The first-order valence-electron chi connectivity index (χ1n) is 9.28. The number of nitrogens with one attached hydrogen (secondary N) is 1. The van der Waals surface area contributed by atoms with Crippen molar-refractivity contribution < 1.29 is 4.79 Å². The molecule has 4 nitrogen and oxygen atoms in total. The fraction of sp³-hybridized carbons (Fsp3) is 0.125. The summed E-state index contributed by atoms with van der Waals surface area (Å²) in [6.07, 6.45) is 0. The van der Waals surface area contributed by atoms with Crippen molar-refractivity contribution in [1.29, 1.82) is 0 Å². The van der Waals surface area contributed by atoms with Gasteiger partial charge in [-0.1, -0.05) is 77.9 Å². The molecule has 0 bridgehead atoms. The summed E-state index contributed by atoms with van der Waals surface area (Å²) in [7, 11) is 0. The number of carbonyl (C=O) groups excluding carboxylic acids is 1. The molecule has 1 aromatic heterocycles. The number of fused-ring (bicyclic) bond motifs is 1. The zero-order chi connectivity index (χ0) is 19.5. The standard InChI is InChI=1S/C24H21N3O/c1-16-7-11-18(12-8-16)15-25-24(28)22-20-5-3-4-6-21(20)26-27-23(22)19-13-9-17(2)10-14-19/h3-14H,15H2,1-2H3,(H,25,28). The molecule has 0 aliphatic rings. The first-order valence-corrected chi connectivity index (χ1v) is 9.28. The summed E-state index contributed by atoms with van der Waals surface area (Å²) >= 11 is 0. The van der Waals surface area contributed by atoms with E-state index in [4.69, 9.17) is 0 Å². The van der Waals surface area contributed by atoms with Gasteiger partial charge < -0.3 is 5.32 Å². The highest BCUT2D eigenvalue weighted by Crippen LogP contribution is 2.27. The average Bonchev–Trinajstić information content (AvgIpc) is 2.73. The lowest BCUT2D eigenvalue weighted by molar-refractivity contribution is 0.0953. The second-order valence-electron chi connectivity index (χ2n) is 6.98. The molecule has 4 rings (SSSR count). The highest BCUT2D eigenvalue weighted by Gasteiger charge is 2.19. The number of amides is 1. The van der Waals surface area contributed by atoms with Crippen LogP contribution in [0.4, 0.5) is 0 Å². The molecule has 0 saturated heterocycles. The van der Waals surface area contributed by atoms with E-state index in [-0.39, 0.29) is 5.91 Å². The van der Waals surface area contributed by atoms with Crippen molar-refractivity contribution in [3.05, 3.63) is 95.1 Å². The Hall–Kier alpha value is -3.53. The molecule has 1 heterocycles. The number of aryl methyl sites for hydroxylation is 2. The number of carbonyl (C=O) groups is 1. The molecule has 0 aliphatic carbocycles. The first-order chi connectivity index (χ1) is 13.6. The molecule has 0 fully saturated rings. The third-order valence-corrected chi connectivity index (χ3v) is 4.79. The smallest absolute Gasteiger partial charge is 0.254 e. The zero-order valence-electron chi connectivity index (χ0n) is 15.9. The van der Waals surface area contributed by atoms with Crippen LogP contribution in [0.1, 0.15) is 27.0 Å². The van der Waals surface area contributed by atoms with Gasteiger partial charge in [-0.2, -0.15) is 0 Å². The number of hydrogen-bond donors (Lipinski definition) is 1. The van der Waals surface area contributed by atoms with Crippen molar-refractivity contribution in [3.8, 4) is 11.3 Å². The molecule has 0 saturated carbocycles. The highest BCUT2D eigenvalue weighted by molar-refractivity contribution is 6.10. The van der Waals surface area contributed by atoms with E-state index in [1.54, 1.807) is 0 Å². The van der Waals surface area contributed by atoms with Gasteiger partial charge in [0.2, 0.25) is 0 Å². The van der Waals surface area contributed by atoms with E-state index in [9.17, 15) is 4.79 Å². The van der Waals surface area contributed by atoms with Crippen LogP contribution in [0, 0.1) is 13.8 Å². The minimum Gasteiger partial charge on any atom is -0.348 e. The Morgan fingerprint density at radius 1 is 0.821 bits per heavy atom. The lowest BCUT2D eigenvalue weighted by atomic mass is 10.0. The lowest BCUT2D eigenvalue weighted by Crippen LogP contribution is -2.24. The Kier molecular flexibility index (Phi) is 4.85. The van der Waals surface area contributed by atoms with Gasteiger partial charge in [0.15, 0.2) is 0 Å². The van der Waals surface area contributed by atoms with Crippen LogP contribution in [-0.4, -0.2) is 16.1 Å². The zero-order valence-corrected chi connectivity index (χ0v) is 15.9. The molecule has 0 radical (unpaired) electrons. The molecule has 4 heteroatoms. The van der Waals surface area contributed by atoms with Gasteiger partial charge in [0.05, 0.1) is 11.1 Å². The summed E-state index contributed by atoms with van der Waals surface area (Å²) in [5.41, 5.74) is 6.15. The van der Waals surface area contributed by atoms with Crippen LogP contribution in [0.5, 0.6) is 0 Å². The first kappa shape index (κ1) is 17.9. The lowest BCUT2D eigenvalue weighted by Gasteiger charge is -2.12. The van der Waals surface area contributed by atoms with Crippen LogP contribution in [0.2, 0.25) is 0 Å². The molecule has 0 aliphatic heterocycles. The maximum absolute atomic E-state index is 13.2. The minimum absolute atomic E-state index is 0.151. The van der Waals surface area contributed by atoms with Crippen LogP contribution >= 0.6 is 0 Å². The van der Waals surface area contributed by atoms with Gasteiger partial charge in [-0.05, 0) is 25.5 Å². The van der Waals surface area contributed by atoms with Crippen LogP contribution in [0.3, 0.4) is 0 Å². The van der Waals surface area contributed by atoms with Crippen LogP contribution in [-0.2, 0) is 6.54 Å². The van der Waals surface area contributed by atoms with Crippen molar-refractivity contribution >= 4 is 16.8 Å². The minimum atomic E-state index is -0.151. The fourth-order valence-electron chi connectivity index (χ4n) is 3.17. The molecular formula is C24H21N3O. The molecule has 0 atom stereocenters. The second kappa shape index (κ2) is 7.61. The second-order valence-corrected chi connectivity index (χ2v) is 6.98. The number of hydrogen-bond acceptors (Lipinski definition) is 3. The van der Waals surface area contributed by atoms with E-state index in [0.717, 1.165) is 22.1 Å². The third kappa shape index (κ3) is 3.62. The van der Waals surface area contributed by atoms with Gasteiger partial charge in [0.1, 0.15) is 5.69 Å². The molecule has 0 unspecified atom stereocenters. The molecule has 138 valence electrons. The van der Waals surface area contributed by atoms with Crippen molar-refractivity contribution in [2.45, 2.75) is 20.4 Å². The van der Waals surface area contributed by atoms with E-state index in [0.29, 0.717) is 23.3 Å². The molecule has 4 aromatic rings. The van der Waals surface area contributed by atoms with E-state index in [1.165, 1.54) is 5.56 Å². The summed E-state index contributed by atoms with van der Waals surface area (Å²) in [4.78, 5) is 13.2. The monoisotopic (exact) mass is 367 g/mol. The van der Waals surface area contributed by atoms with Gasteiger partial charge in [0, 0.05) is 17.5 Å². The Balaban J connectivity index is 1.74. The predicted molar refractivity (Wildman–Crippen MR) is 112 cm³/mol. The van der Waals surface area contributed by atoms with Crippen molar-refractivity contribution in [3.63, 3.8) is 0 Å². The third-order valence-electron chi connectivity index (χ3n) is 4.79. The summed E-state index contributed by atoms with van der Waals surface area (Å²) in [5, 5.41) is 12.5. The molecule has 1 N–H and O–H groups in total. The van der Waals surface area contributed by atoms with Gasteiger partial charge in [-0.25, -0.2) is 0 Å². The summed E-state index contributed by atoms with van der Waals surface area (Å²) in [6.45, 7) is 4.54. The summed E-state index contributed by atoms with van der Waals surface area (Å²) in [5.74, 6) is -0.151. The summed E-state index contributed by atoms with van der Waals surface area (Å²) in [6, 6.07) is 23.7. The maximum atomic E-state index is 13.2. The quantitative estimate of drug-likeness (QED) is 0.561.